The van der Waals surface area contributed by atoms with Crippen molar-refractivity contribution in [3.05, 3.63) is 0 Å². The van der Waals surface area contributed by atoms with Crippen LogP contribution in [-0.2, 0) is 14.9 Å². The van der Waals surface area contributed by atoms with Crippen LogP contribution in [-0.4, -0.2) is 94.4 Å². The maximum absolute atomic E-state index is 13.6. The maximum atomic E-state index is 13.6. The van der Waals surface area contributed by atoms with E-state index in [1.165, 1.54) is 0 Å². The number of halogens is 24. The molecule has 2 N–H and O–H groups in total. The van der Waals surface area contributed by atoms with Crippen LogP contribution in [0.25, 0.3) is 0 Å². The van der Waals surface area contributed by atoms with E-state index in [0.717, 1.165) is 0 Å². The second-order valence-electron chi connectivity index (χ2n) is 7.62. The Hall–Kier alpha value is -2.30. The molecule has 0 unspecified atom stereocenters. The molecule has 258 valence electrons. The molecular weight excluding hydrogens is 724 g/mol. The van der Waals surface area contributed by atoms with Gasteiger partial charge in [-0.15, -0.1) is 0 Å². The fraction of sp³-hybridized carbons (Fsp3) is 0.923. The normalized spacial score (nSPS) is 16.9. The van der Waals surface area contributed by atoms with Crippen molar-refractivity contribution in [3.8, 4) is 0 Å². The molecule has 0 rings (SSSR count). The molecule has 0 heterocycles. The van der Waals surface area contributed by atoms with Gasteiger partial charge in [0.15, 0.2) is 0 Å². The highest BCUT2D eigenvalue weighted by atomic mass is 32.2. The molecule has 0 bridgehead atoms. The average molecular weight is 726 g/mol. The van der Waals surface area contributed by atoms with E-state index in [4.69, 9.17) is 9.66 Å². The summed E-state index contributed by atoms with van der Waals surface area (Å²) in [4.78, 5) is 9.91. The average Bonchev–Trinajstić information content (AvgIpc) is 2.76. The Morgan fingerprint density at radius 2 is 0.535 bits per heavy atom. The van der Waals surface area contributed by atoms with E-state index in [1.807, 2.05) is 0 Å². The SMILES string of the molecule is O=C(O)C(F)(F)C(F)(F)C(F)(F)C(F)(F)C(F)(F)C(F)(F)C(F)(F)C(F)(F)C(F)(F)C(F)(F)C(F)(F)C(F)(F)S(=O)(=O)O. The molecule has 0 radical (unpaired) electrons. The van der Waals surface area contributed by atoms with Crippen LogP contribution < -0.4 is 0 Å². The lowest BCUT2D eigenvalue weighted by molar-refractivity contribution is -0.476. The van der Waals surface area contributed by atoms with E-state index in [1.54, 1.807) is 0 Å². The van der Waals surface area contributed by atoms with Gasteiger partial charge in [0.2, 0.25) is 0 Å². The Bertz CT molecular complexity index is 1200. The molecule has 0 saturated carbocycles. The van der Waals surface area contributed by atoms with E-state index >= 15 is 0 Å². The molecular formula is C13H2F24O5S. The predicted molar refractivity (Wildman–Crippen MR) is 78.5 cm³/mol. The summed E-state index contributed by atoms with van der Waals surface area (Å²) >= 11 is 0. The van der Waals surface area contributed by atoms with Crippen LogP contribution in [0.2, 0.25) is 0 Å². The van der Waals surface area contributed by atoms with Crippen molar-refractivity contribution in [2.75, 3.05) is 0 Å². The third kappa shape index (κ3) is 4.52. The van der Waals surface area contributed by atoms with Crippen molar-refractivity contribution in [2.24, 2.45) is 0 Å². The maximum Gasteiger partial charge on any atom is 0.438 e. The first-order valence-corrected chi connectivity index (χ1v) is 10.1. The topological polar surface area (TPSA) is 91.7 Å². The van der Waals surface area contributed by atoms with Crippen molar-refractivity contribution in [1.82, 2.24) is 0 Å². The number of alkyl halides is 24. The number of carboxylic acid groups (broad SMARTS) is 1. The minimum Gasteiger partial charge on any atom is -0.477 e. The van der Waals surface area contributed by atoms with Crippen molar-refractivity contribution in [1.29, 1.82) is 0 Å². The lowest BCUT2D eigenvalue weighted by Crippen LogP contribution is -2.78. The molecule has 0 aliphatic rings. The smallest absolute Gasteiger partial charge is 0.438 e. The Morgan fingerprint density at radius 3 is 0.698 bits per heavy atom. The van der Waals surface area contributed by atoms with Gasteiger partial charge in [0.1, 0.15) is 0 Å². The third-order valence-corrected chi connectivity index (χ3v) is 5.81. The van der Waals surface area contributed by atoms with Gasteiger partial charge in [-0.05, 0) is 0 Å². The van der Waals surface area contributed by atoms with Gasteiger partial charge >= 0.3 is 86.5 Å². The van der Waals surface area contributed by atoms with Gasteiger partial charge in [0.05, 0.1) is 0 Å². The summed E-state index contributed by atoms with van der Waals surface area (Å²) in [6.07, 6.45) is 0. The number of rotatable bonds is 13. The highest BCUT2D eigenvalue weighted by Crippen LogP contribution is 2.67. The number of hydrogen-bond donors (Lipinski definition) is 2. The number of carboxylic acids is 1. The molecule has 0 spiro atoms. The van der Waals surface area contributed by atoms with Crippen LogP contribution >= 0.6 is 0 Å². The summed E-state index contributed by atoms with van der Waals surface area (Å²) in [6, 6.07) is 0. The summed E-state index contributed by atoms with van der Waals surface area (Å²) in [5.74, 6) is -107. The Balaban J connectivity index is 7.53. The van der Waals surface area contributed by atoms with Crippen LogP contribution in [0.3, 0.4) is 0 Å². The van der Waals surface area contributed by atoms with Crippen molar-refractivity contribution >= 4 is 16.1 Å². The van der Waals surface area contributed by atoms with Crippen molar-refractivity contribution in [2.45, 2.75) is 70.4 Å². The van der Waals surface area contributed by atoms with E-state index < -0.39 is 86.5 Å². The highest BCUT2D eigenvalue weighted by Gasteiger charge is 3.00. The minimum absolute atomic E-state index is 4.70. The lowest BCUT2D eigenvalue weighted by atomic mass is 9.84. The second-order valence-corrected chi connectivity index (χ2v) is 9.08. The van der Waals surface area contributed by atoms with Crippen LogP contribution in [0.1, 0.15) is 0 Å². The lowest BCUT2D eigenvalue weighted by Gasteiger charge is -2.45. The van der Waals surface area contributed by atoms with E-state index in [-0.39, 0.29) is 0 Å². The number of hydrogen-bond acceptors (Lipinski definition) is 3. The summed E-state index contributed by atoms with van der Waals surface area (Å²) < 4.78 is 348. The fourth-order valence-electron chi connectivity index (χ4n) is 2.25. The Morgan fingerprint density at radius 1 is 0.372 bits per heavy atom. The number of aliphatic carboxylic acids is 1. The summed E-state index contributed by atoms with van der Waals surface area (Å²) in [7, 11) is -8.26. The highest BCUT2D eigenvalue weighted by molar-refractivity contribution is 7.87. The van der Waals surface area contributed by atoms with Gasteiger partial charge in [-0.3, -0.25) is 4.55 Å². The standard InChI is InChI=1S/C13H2F24O5S/c14-2(15,1(38)39)3(16,17)4(18,19)5(20,21)6(22,23)7(24,25)8(26,27)9(28,29)10(30,31)11(32,33)12(34,35)13(36,37)43(40,41)42/h(H,38,39)(H,40,41,42). The van der Waals surface area contributed by atoms with Crippen LogP contribution in [0.4, 0.5) is 105 Å². The molecule has 0 fully saturated rings. The van der Waals surface area contributed by atoms with Gasteiger partial charge in [-0.1, -0.05) is 0 Å². The first-order valence-electron chi connectivity index (χ1n) is 8.68. The first-order chi connectivity index (χ1) is 17.9. The molecule has 5 nitrogen and oxygen atoms in total. The van der Waals surface area contributed by atoms with Crippen LogP contribution in [0.15, 0.2) is 0 Å². The zero-order valence-electron chi connectivity index (χ0n) is 18.1. The third-order valence-electron chi connectivity index (χ3n) is 4.90. The molecule has 0 amide bonds. The Kier molecular flexibility index (Phi) is 9.09. The largest absolute Gasteiger partial charge is 0.477 e. The quantitative estimate of drug-likeness (QED) is 0.166. The molecule has 0 aromatic heterocycles. The molecule has 0 aliphatic carbocycles. The molecule has 0 atom stereocenters. The summed E-state index contributed by atoms with van der Waals surface area (Å²) in [6.45, 7) is 0. The van der Waals surface area contributed by atoms with Gasteiger partial charge in [-0.25, -0.2) is 4.79 Å². The van der Waals surface area contributed by atoms with Crippen LogP contribution in [0.5, 0.6) is 0 Å². The van der Waals surface area contributed by atoms with Crippen molar-refractivity contribution < 1.29 is 128 Å². The predicted octanol–water partition coefficient (Wildman–Crippen LogP) is 6.54. The fourth-order valence-corrected chi connectivity index (χ4v) is 2.71. The van der Waals surface area contributed by atoms with Gasteiger partial charge in [0.25, 0.3) is 0 Å². The van der Waals surface area contributed by atoms with E-state index in [9.17, 15) is 119 Å². The number of carbonyl (C=O) groups is 1. The summed E-state index contributed by atoms with van der Waals surface area (Å²) in [5.41, 5.74) is 0. The van der Waals surface area contributed by atoms with Gasteiger partial charge in [-0.2, -0.15) is 114 Å². The molecule has 0 aliphatic heterocycles. The first kappa shape index (κ1) is 40.7. The second kappa shape index (κ2) is 9.60. The molecule has 0 aromatic rings. The monoisotopic (exact) mass is 726 g/mol. The molecule has 0 aromatic carbocycles. The zero-order chi connectivity index (χ0) is 36.1. The summed E-state index contributed by atoms with van der Waals surface area (Å²) in [5, 5.41) is -0.577. The molecule has 30 heteroatoms. The van der Waals surface area contributed by atoms with Gasteiger partial charge < -0.3 is 5.11 Å². The van der Waals surface area contributed by atoms with E-state index in [2.05, 4.69) is 0 Å². The van der Waals surface area contributed by atoms with E-state index in [0.29, 0.717) is 0 Å². The minimum atomic E-state index is -9.79. The molecule has 0 saturated heterocycles. The van der Waals surface area contributed by atoms with Crippen LogP contribution in [0, 0.1) is 0 Å². The van der Waals surface area contributed by atoms with Gasteiger partial charge in [0, 0.05) is 0 Å². The zero-order valence-corrected chi connectivity index (χ0v) is 18.9. The Labute approximate surface area is 216 Å². The molecule has 43 heavy (non-hydrogen) atoms. The van der Waals surface area contributed by atoms with Crippen molar-refractivity contribution in [3.63, 3.8) is 0 Å².